The number of carbonyl (C=O) groups excluding carboxylic acids is 2. The van der Waals surface area contributed by atoms with Crippen molar-refractivity contribution in [1.82, 2.24) is 4.90 Å². The molecule has 35 heavy (non-hydrogen) atoms. The van der Waals surface area contributed by atoms with E-state index in [1.165, 1.54) is 7.11 Å². The molecular weight excluding hydrogens is 448 g/mol. The third-order valence-electron chi connectivity index (χ3n) is 6.06. The molecule has 1 aliphatic rings. The van der Waals surface area contributed by atoms with Gasteiger partial charge in [-0.1, -0.05) is 24.3 Å². The van der Waals surface area contributed by atoms with Crippen LogP contribution in [0.4, 0.5) is 5.69 Å². The van der Waals surface area contributed by atoms with Gasteiger partial charge in [0.1, 0.15) is 0 Å². The number of benzene rings is 3. The molecule has 0 aliphatic carbocycles. The van der Waals surface area contributed by atoms with Crippen molar-refractivity contribution in [1.29, 1.82) is 0 Å². The summed E-state index contributed by atoms with van der Waals surface area (Å²) in [5.74, 6) is 1.81. The molecule has 0 saturated carbocycles. The van der Waals surface area contributed by atoms with E-state index in [-0.39, 0.29) is 18.2 Å². The third kappa shape index (κ3) is 4.87. The van der Waals surface area contributed by atoms with Gasteiger partial charge in [-0.3, -0.25) is 9.59 Å². The summed E-state index contributed by atoms with van der Waals surface area (Å²) in [5.41, 5.74) is 2.92. The second-order valence-corrected chi connectivity index (χ2v) is 8.04. The van der Waals surface area contributed by atoms with Crippen LogP contribution in [0.25, 0.3) is 0 Å². The normalized spacial score (nSPS) is 13.1. The minimum atomic E-state index is -0.519. The monoisotopic (exact) mass is 476 g/mol. The summed E-state index contributed by atoms with van der Waals surface area (Å²) in [5, 5.41) is 2.91. The van der Waals surface area contributed by atoms with Crippen LogP contribution < -0.4 is 24.3 Å². The summed E-state index contributed by atoms with van der Waals surface area (Å²) in [6.45, 7) is 0.414. The van der Waals surface area contributed by atoms with Crippen molar-refractivity contribution in [3.8, 4) is 23.0 Å². The van der Waals surface area contributed by atoms with Crippen molar-refractivity contribution >= 4 is 17.5 Å². The second kappa shape index (κ2) is 10.4. The number of anilines is 1. The van der Waals surface area contributed by atoms with Gasteiger partial charge in [0.05, 0.1) is 40.9 Å². The number of fused-ring (bicyclic) bond motifs is 1. The summed E-state index contributed by atoms with van der Waals surface area (Å²) in [6.07, 6.45) is 0.0452. The molecule has 4 rings (SSSR count). The van der Waals surface area contributed by atoms with Crippen LogP contribution in [-0.2, 0) is 11.3 Å². The van der Waals surface area contributed by atoms with Gasteiger partial charge in [-0.2, -0.15) is 0 Å². The highest BCUT2D eigenvalue weighted by Gasteiger charge is 2.35. The lowest BCUT2D eigenvalue weighted by Crippen LogP contribution is -2.32. The topological polar surface area (TPSA) is 86.3 Å². The fourth-order valence-corrected chi connectivity index (χ4v) is 4.30. The lowest BCUT2D eigenvalue weighted by molar-refractivity contribution is -0.117. The van der Waals surface area contributed by atoms with Crippen LogP contribution in [0, 0.1) is 0 Å². The Hall–Kier alpha value is -4.20. The van der Waals surface area contributed by atoms with Gasteiger partial charge in [-0.15, -0.1) is 0 Å². The Kier molecular flexibility index (Phi) is 7.10. The average Bonchev–Trinajstić information content (AvgIpc) is 3.22. The highest BCUT2D eigenvalue weighted by Crippen LogP contribution is 2.38. The smallest absolute Gasteiger partial charge is 0.255 e. The van der Waals surface area contributed by atoms with Crippen LogP contribution >= 0.6 is 0 Å². The fraction of sp³-hybridized carbons (Fsp3) is 0.259. The number of rotatable bonds is 9. The molecule has 3 aromatic carbocycles. The predicted molar refractivity (Wildman–Crippen MR) is 131 cm³/mol. The SMILES string of the molecule is COc1ccc(NC(=O)C[C@H](c2ccc(OC)c(OC)c2)N2Cc3ccccc3C2=O)cc1OC. The van der Waals surface area contributed by atoms with Crippen LogP contribution in [0.3, 0.4) is 0 Å². The Morgan fingerprint density at radius 1 is 0.857 bits per heavy atom. The van der Waals surface area contributed by atoms with Crippen molar-refractivity contribution in [2.24, 2.45) is 0 Å². The van der Waals surface area contributed by atoms with E-state index in [0.717, 1.165) is 11.1 Å². The van der Waals surface area contributed by atoms with Crippen molar-refractivity contribution < 1.29 is 28.5 Å². The van der Waals surface area contributed by atoms with E-state index in [9.17, 15) is 9.59 Å². The Bertz CT molecular complexity index is 1240. The zero-order chi connectivity index (χ0) is 24.9. The van der Waals surface area contributed by atoms with E-state index < -0.39 is 6.04 Å². The number of nitrogens with one attached hydrogen (secondary N) is 1. The fourth-order valence-electron chi connectivity index (χ4n) is 4.30. The minimum absolute atomic E-state index is 0.0452. The van der Waals surface area contributed by atoms with Crippen molar-refractivity contribution in [2.45, 2.75) is 19.0 Å². The molecule has 3 aromatic rings. The van der Waals surface area contributed by atoms with Gasteiger partial charge >= 0.3 is 0 Å². The van der Waals surface area contributed by atoms with E-state index in [0.29, 0.717) is 40.8 Å². The molecule has 0 aromatic heterocycles. The molecule has 0 bridgehead atoms. The van der Waals surface area contributed by atoms with Gasteiger partial charge in [0.25, 0.3) is 5.91 Å². The van der Waals surface area contributed by atoms with Crippen LogP contribution in [0.2, 0.25) is 0 Å². The number of amides is 2. The molecule has 0 unspecified atom stereocenters. The van der Waals surface area contributed by atoms with Gasteiger partial charge < -0.3 is 29.2 Å². The first-order chi connectivity index (χ1) is 17.0. The molecule has 0 fully saturated rings. The average molecular weight is 477 g/mol. The number of nitrogens with zero attached hydrogens (tertiary/aromatic N) is 1. The van der Waals surface area contributed by atoms with Crippen molar-refractivity contribution in [3.05, 3.63) is 77.4 Å². The molecular formula is C27H28N2O6. The number of hydrogen-bond acceptors (Lipinski definition) is 6. The number of carbonyl (C=O) groups is 2. The van der Waals surface area contributed by atoms with E-state index in [1.807, 2.05) is 36.4 Å². The molecule has 0 spiro atoms. The Labute approximate surface area is 204 Å². The maximum absolute atomic E-state index is 13.3. The third-order valence-corrected chi connectivity index (χ3v) is 6.06. The summed E-state index contributed by atoms with van der Waals surface area (Å²) >= 11 is 0. The Morgan fingerprint density at radius 3 is 2.14 bits per heavy atom. The first-order valence-corrected chi connectivity index (χ1v) is 11.1. The first kappa shape index (κ1) is 23.9. The summed E-state index contributed by atoms with van der Waals surface area (Å²) in [6, 6.07) is 17.6. The summed E-state index contributed by atoms with van der Waals surface area (Å²) in [7, 11) is 6.20. The molecule has 1 atom stereocenters. The molecule has 0 radical (unpaired) electrons. The van der Waals surface area contributed by atoms with Gasteiger partial charge in [0.15, 0.2) is 23.0 Å². The molecule has 182 valence electrons. The van der Waals surface area contributed by atoms with E-state index in [1.54, 1.807) is 50.5 Å². The highest BCUT2D eigenvalue weighted by atomic mass is 16.5. The maximum atomic E-state index is 13.3. The zero-order valence-electron chi connectivity index (χ0n) is 20.2. The summed E-state index contributed by atoms with van der Waals surface area (Å²) in [4.78, 5) is 28.2. The van der Waals surface area contributed by atoms with Gasteiger partial charge in [0, 0.05) is 23.9 Å². The predicted octanol–water partition coefficient (Wildman–Crippen LogP) is 4.45. The molecule has 8 nitrogen and oxygen atoms in total. The lowest BCUT2D eigenvalue weighted by Gasteiger charge is -2.28. The summed E-state index contributed by atoms with van der Waals surface area (Å²) < 4.78 is 21.4. The van der Waals surface area contributed by atoms with Crippen molar-refractivity contribution in [2.75, 3.05) is 33.8 Å². The quantitative estimate of drug-likeness (QED) is 0.491. The van der Waals surface area contributed by atoms with Crippen LogP contribution in [0.15, 0.2) is 60.7 Å². The zero-order valence-corrected chi connectivity index (χ0v) is 20.2. The molecule has 0 saturated heterocycles. The van der Waals surface area contributed by atoms with E-state index in [2.05, 4.69) is 5.32 Å². The Balaban J connectivity index is 1.64. The van der Waals surface area contributed by atoms with E-state index >= 15 is 0 Å². The number of ether oxygens (including phenoxy) is 4. The van der Waals surface area contributed by atoms with Crippen molar-refractivity contribution in [3.63, 3.8) is 0 Å². The van der Waals surface area contributed by atoms with Gasteiger partial charge in [0.2, 0.25) is 5.91 Å². The van der Waals surface area contributed by atoms with Crippen LogP contribution in [0.1, 0.15) is 33.9 Å². The standard InChI is InChI=1S/C27H28N2O6/c1-32-22-11-9-17(13-24(22)34-3)21(29-16-18-7-5-6-8-20(18)27(29)31)15-26(30)28-19-10-12-23(33-2)25(14-19)35-4/h5-14,21H,15-16H2,1-4H3,(H,28,30)/t21-/m1/s1. The molecule has 1 N–H and O–H groups in total. The van der Waals surface area contributed by atoms with Crippen LogP contribution in [0.5, 0.6) is 23.0 Å². The molecule has 1 aliphatic heterocycles. The minimum Gasteiger partial charge on any atom is -0.493 e. The second-order valence-electron chi connectivity index (χ2n) is 8.04. The molecule has 2 amide bonds. The first-order valence-electron chi connectivity index (χ1n) is 11.1. The largest absolute Gasteiger partial charge is 0.493 e. The Morgan fingerprint density at radius 2 is 1.49 bits per heavy atom. The van der Waals surface area contributed by atoms with Gasteiger partial charge in [-0.05, 0) is 41.5 Å². The number of hydrogen-bond donors (Lipinski definition) is 1. The molecule has 1 heterocycles. The van der Waals surface area contributed by atoms with Crippen LogP contribution in [-0.4, -0.2) is 45.2 Å². The number of methoxy groups -OCH3 is 4. The van der Waals surface area contributed by atoms with Gasteiger partial charge in [-0.25, -0.2) is 0 Å². The molecule has 8 heteroatoms. The maximum Gasteiger partial charge on any atom is 0.255 e. The lowest BCUT2D eigenvalue weighted by atomic mass is 10.0. The highest BCUT2D eigenvalue weighted by molar-refractivity contribution is 5.99. The van der Waals surface area contributed by atoms with E-state index in [4.69, 9.17) is 18.9 Å².